The quantitative estimate of drug-likeness (QED) is 0.822. The van der Waals surface area contributed by atoms with E-state index in [1.165, 1.54) is 0 Å². The van der Waals surface area contributed by atoms with Crippen molar-refractivity contribution in [1.82, 2.24) is 4.90 Å². The minimum Gasteiger partial charge on any atom is -0.329 e. The van der Waals surface area contributed by atoms with Gasteiger partial charge in [-0.2, -0.15) is 0 Å². The molecule has 19 heavy (non-hydrogen) atoms. The predicted octanol–water partition coefficient (Wildman–Crippen LogP) is 4.47. The minimum absolute atomic E-state index is 0.169. The van der Waals surface area contributed by atoms with E-state index in [-0.39, 0.29) is 6.04 Å². The zero-order valence-electron chi connectivity index (χ0n) is 12.2. The predicted molar refractivity (Wildman–Crippen MR) is 87.6 cm³/mol. The molecule has 0 fully saturated rings. The fraction of sp³-hybridized carbons (Fsp3) is 0.600. The third-order valence-corrected chi connectivity index (χ3v) is 4.00. The van der Waals surface area contributed by atoms with Gasteiger partial charge in [0.15, 0.2) is 0 Å². The number of hydrogen-bond donors (Lipinski definition) is 1. The van der Waals surface area contributed by atoms with E-state index < -0.39 is 0 Å². The van der Waals surface area contributed by atoms with Gasteiger partial charge < -0.3 is 5.73 Å². The largest absolute Gasteiger partial charge is 0.329 e. The molecule has 0 saturated heterocycles. The first-order valence-electron chi connectivity index (χ1n) is 6.77. The Morgan fingerprint density at radius 2 is 1.89 bits per heavy atom. The van der Waals surface area contributed by atoms with E-state index in [9.17, 15) is 0 Å². The summed E-state index contributed by atoms with van der Waals surface area (Å²) < 4.78 is 0.997. The lowest BCUT2D eigenvalue weighted by molar-refractivity contribution is 0.138. The summed E-state index contributed by atoms with van der Waals surface area (Å²) in [6.07, 6.45) is 0. The zero-order chi connectivity index (χ0) is 14.6. The van der Waals surface area contributed by atoms with E-state index in [0.717, 1.165) is 21.6 Å². The van der Waals surface area contributed by atoms with Gasteiger partial charge in [-0.3, -0.25) is 4.90 Å². The second-order valence-electron chi connectivity index (χ2n) is 5.60. The molecule has 1 unspecified atom stereocenters. The molecule has 0 aliphatic carbocycles. The van der Waals surface area contributed by atoms with Crippen LogP contribution in [-0.4, -0.2) is 24.0 Å². The lowest BCUT2D eigenvalue weighted by Gasteiger charge is -2.36. The second kappa shape index (κ2) is 7.63. The van der Waals surface area contributed by atoms with Crippen LogP contribution in [0.15, 0.2) is 22.7 Å². The van der Waals surface area contributed by atoms with E-state index in [4.69, 9.17) is 17.3 Å². The molecule has 1 aromatic rings. The van der Waals surface area contributed by atoms with E-state index in [0.29, 0.717) is 18.5 Å². The number of benzene rings is 1. The first kappa shape index (κ1) is 17.0. The van der Waals surface area contributed by atoms with Gasteiger partial charge in [0.25, 0.3) is 0 Å². The molecule has 0 aliphatic rings. The van der Waals surface area contributed by atoms with Crippen molar-refractivity contribution in [2.45, 2.75) is 39.8 Å². The first-order chi connectivity index (χ1) is 8.86. The van der Waals surface area contributed by atoms with Gasteiger partial charge in [0.1, 0.15) is 0 Å². The second-order valence-corrected chi connectivity index (χ2v) is 6.92. The van der Waals surface area contributed by atoms with Gasteiger partial charge in [0, 0.05) is 34.7 Å². The smallest absolute Gasteiger partial charge is 0.0488 e. The summed E-state index contributed by atoms with van der Waals surface area (Å²) in [5, 5.41) is 0.777. The fourth-order valence-electron chi connectivity index (χ4n) is 2.33. The molecular weight excluding hydrogens is 324 g/mol. The first-order valence-corrected chi connectivity index (χ1v) is 7.94. The summed E-state index contributed by atoms with van der Waals surface area (Å²) in [7, 11) is 0. The number of halogens is 2. The molecule has 2 nitrogen and oxygen atoms in total. The van der Waals surface area contributed by atoms with E-state index >= 15 is 0 Å². The lowest BCUT2D eigenvalue weighted by atomic mass is 10.0. The summed E-state index contributed by atoms with van der Waals surface area (Å²) >= 11 is 9.82. The average Bonchev–Trinajstić information content (AvgIpc) is 2.30. The van der Waals surface area contributed by atoms with Gasteiger partial charge in [0.2, 0.25) is 0 Å². The number of hydrogen-bond acceptors (Lipinski definition) is 2. The van der Waals surface area contributed by atoms with Crippen LogP contribution < -0.4 is 5.73 Å². The third-order valence-electron chi connectivity index (χ3n) is 3.18. The Morgan fingerprint density at radius 1 is 1.26 bits per heavy atom. The lowest BCUT2D eigenvalue weighted by Crippen LogP contribution is -2.41. The third kappa shape index (κ3) is 4.75. The average molecular weight is 348 g/mol. The Hall–Kier alpha value is -0.0900. The van der Waals surface area contributed by atoms with Crippen LogP contribution >= 0.6 is 27.5 Å². The van der Waals surface area contributed by atoms with Gasteiger partial charge in [0.05, 0.1) is 0 Å². The molecule has 0 spiro atoms. The molecule has 2 N–H and O–H groups in total. The highest BCUT2D eigenvalue weighted by molar-refractivity contribution is 9.10. The molecule has 108 valence electrons. The maximum absolute atomic E-state index is 6.38. The molecule has 0 aliphatic heterocycles. The summed E-state index contributed by atoms with van der Waals surface area (Å²) in [6, 6.07) is 6.64. The molecular formula is C15H24BrClN2. The number of nitrogens with zero attached hydrogens (tertiary/aromatic N) is 1. The zero-order valence-corrected chi connectivity index (χ0v) is 14.5. The van der Waals surface area contributed by atoms with Crippen molar-refractivity contribution >= 4 is 27.5 Å². The van der Waals surface area contributed by atoms with Crippen LogP contribution in [0, 0.1) is 5.92 Å². The van der Waals surface area contributed by atoms with E-state index in [1.54, 1.807) is 0 Å². The normalized spacial score (nSPS) is 13.6. The van der Waals surface area contributed by atoms with Gasteiger partial charge in [-0.15, -0.1) is 0 Å². The fourth-order valence-corrected chi connectivity index (χ4v) is 3.13. The Morgan fingerprint density at radius 3 is 2.32 bits per heavy atom. The minimum atomic E-state index is 0.169. The van der Waals surface area contributed by atoms with Crippen LogP contribution in [0.5, 0.6) is 0 Å². The highest BCUT2D eigenvalue weighted by Crippen LogP contribution is 2.31. The van der Waals surface area contributed by atoms with Crippen LogP contribution in [0.3, 0.4) is 0 Å². The Labute approximate surface area is 130 Å². The van der Waals surface area contributed by atoms with Crippen LogP contribution in [0.2, 0.25) is 5.02 Å². The molecule has 1 aromatic carbocycles. The van der Waals surface area contributed by atoms with Crippen molar-refractivity contribution in [2.24, 2.45) is 11.7 Å². The van der Waals surface area contributed by atoms with E-state index in [1.807, 2.05) is 12.1 Å². The summed E-state index contributed by atoms with van der Waals surface area (Å²) in [5.74, 6) is 0.602. The molecule has 0 aromatic heterocycles. The maximum atomic E-state index is 6.38. The van der Waals surface area contributed by atoms with Gasteiger partial charge in [-0.1, -0.05) is 47.4 Å². The number of rotatable bonds is 6. The summed E-state index contributed by atoms with van der Waals surface area (Å²) in [5.41, 5.74) is 7.13. The van der Waals surface area contributed by atoms with Gasteiger partial charge >= 0.3 is 0 Å². The van der Waals surface area contributed by atoms with Crippen LogP contribution in [0.25, 0.3) is 0 Å². The molecule has 1 atom stereocenters. The SMILES string of the molecule is CC(C)CN(C(C)C)C(CN)c1ccc(Br)cc1Cl. The van der Waals surface area contributed by atoms with Crippen molar-refractivity contribution < 1.29 is 0 Å². The Balaban J connectivity index is 3.08. The van der Waals surface area contributed by atoms with Crippen molar-refractivity contribution in [3.63, 3.8) is 0 Å². The van der Waals surface area contributed by atoms with Gasteiger partial charge in [-0.25, -0.2) is 0 Å². The monoisotopic (exact) mass is 346 g/mol. The van der Waals surface area contributed by atoms with Crippen molar-refractivity contribution in [1.29, 1.82) is 0 Å². The van der Waals surface area contributed by atoms with Gasteiger partial charge in [-0.05, 0) is 37.5 Å². The molecule has 0 heterocycles. The molecule has 1 rings (SSSR count). The highest BCUT2D eigenvalue weighted by atomic mass is 79.9. The standard InChI is InChI=1S/C15H24BrClN2/c1-10(2)9-19(11(3)4)15(8-18)13-6-5-12(16)7-14(13)17/h5-7,10-11,15H,8-9,18H2,1-4H3. The molecule has 0 radical (unpaired) electrons. The topological polar surface area (TPSA) is 29.3 Å². The van der Waals surface area contributed by atoms with Crippen LogP contribution in [-0.2, 0) is 0 Å². The van der Waals surface area contributed by atoms with Crippen LogP contribution in [0.4, 0.5) is 0 Å². The van der Waals surface area contributed by atoms with E-state index in [2.05, 4.69) is 54.6 Å². The summed E-state index contributed by atoms with van der Waals surface area (Å²) in [4.78, 5) is 2.43. The maximum Gasteiger partial charge on any atom is 0.0488 e. The Bertz CT molecular complexity index is 407. The molecule has 4 heteroatoms. The molecule has 0 bridgehead atoms. The van der Waals surface area contributed by atoms with Crippen LogP contribution in [0.1, 0.15) is 39.3 Å². The molecule has 0 saturated carbocycles. The summed E-state index contributed by atoms with van der Waals surface area (Å²) in [6.45, 7) is 10.5. The highest BCUT2D eigenvalue weighted by Gasteiger charge is 2.24. The van der Waals surface area contributed by atoms with Crippen molar-refractivity contribution in [2.75, 3.05) is 13.1 Å². The number of nitrogens with two attached hydrogens (primary N) is 1. The van der Waals surface area contributed by atoms with Crippen molar-refractivity contribution in [3.8, 4) is 0 Å². The Kier molecular flexibility index (Phi) is 6.81. The molecule has 0 amide bonds. The van der Waals surface area contributed by atoms with Crippen molar-refractivity contribution in [3.05, 3.63) is 33.3 Å².